The summed E-state index contributed by atoms with van der Waals surface area (Å²) in [5.41, 5.74) is 0.844. The molecule has 0 unspecified atom stereocenters. The number of carbonyl (C=O) groups excluding carboxylic acids is 1. The maximum absolute atomic E-state index is 11.2. The number of hydrogen-bond donors (Lipinski definition) is 1. The van der Waals surface area contributed by atoms with Gasteiger partial charge in [-0.05, 0) is 36.9 Å². The van der Waals surface area contributed by atoms with E-state index in [1.165, 1.54) is 18.2 Å². The summed E-state index contributed by atoms with van der Waals surface area (Å²) in [6, 6.07) is 11.5. The van der Waals surface area contributed by atoms with Crippen molar-refractivity contribution in [3.63, 3.8) is 0 Å². The predicted molar refractivity (Wildman–Crippen MR) is 95.6 cm³/mol. The fraction of sp³-hybridized carbons (Fsp3) is 0.118. The molecule has 0 fully saturated rings. The Balaban J connectivity index is 1.88. The molecule has 1 N–H and O–H groups in total. The van der Waals surface area contributed by atoms with E-state index in [1.54, 1.807) is 0 Å². The lowest BCUT2D eigenvalue weighted by Crippen LogP contribution is -1.94. The number of H-pyrrole nitrogens is 1. The van der Waals surface area contributed by atoms with Gasteiger partial charge in [0.15, 0.2) is 12.1 Å². The number of benzene rings is 2. The van der Waals surface area contributed by atoms with E-state index in [2.05, 4.69) is 15.2 Å². The van der Waals surface area contributed by atoms with Gasteiger partial charge in [-0.15, -0.1) is 5.10 Å². The zero-order chi connectivity index (χ0) is 18.5. The lowest BCUT2D eigenvalue weighted by Gasteiger charge is -2.06. The van der Waals surface area contributed by atoms with Crippen molar-refractivity contribution in [2.45, 2.75) is 17.0 Å². The summed E-state index contributed by atoms with van der Waals surface area (Å²) in [6.45, 7) is 2.42. The second-order valence-corrected chi connectivity index (χ2v) is 6.10. The number of ether oxygens (including phenoxy) is 1. The number of nitrogens with one attached hydrogen (secondary N) is 1. The number of non-ortho nitro benzene ring substituents is 1. The van der Waals surface area contributed by atoms with Crippen molar-refractivity contribution < 1.29 is 14.5 Å². The van der Waals surface area contributed by atoms with Crippen molar-refractivity contribution >= 4 is 23.7 Å². The average Bonchev–Trinajstić information content (AvgIpc) is 3.11. The molecule has 3 rings (SSSR count). The van der Waals surface area contributed by atoms with Crippen molar-refractivity contribution in [2.75, 3.05) is 6.61 Å². The largest absolute Gasteiger partial charge is 0.493 e. The predicted octanol–water partition coefficient (Wildman–Crippen LogP) is 3.74. The van der Waals surface area contributed by atoms with E-state index in [0.29, 0.717) is 34.5 Å². The second kappa shape index (κ2) is 7.79. The summed E-state index contributed by atoms with van der Waals surface area (Å²) < 4.78 is 5.59. The SMILES string of the molecule is CCOc1ccccc1-c1nc(Sc2ccc([N+](=O)[O-])cc2C=O)n[nH]1. The zero-order valence-corrected chi connectivity index (χ0v) is 14.5. The van der Waals surface area contributed by atoms with Gasteiger partial charge in [0.05, 0.1) is 17.1 Å². The number of para-hydroxylation sites is 1. The number of nitrogens with zero attached hydrogens (tertiary/aromatic N) is 3. The van der Waals surface area contributed by atoms with Crippen LogP contribution >= 0.6 is 11.8 Å². The number of nitro benzene ring substituents is 1. The first-order valence-corrected chi connectivity index (χ1v) is 8.50. The minimum absolute atomic E-state index is 0.141. The van der Waals surface area contributed by atoms with Crippen LogP contribution in [0.5, 0.6) is 5.75 Å². The van der Waals surface area contributed by atoms with E-state index in [4.69, 9.17) is 4.74 Å². The van der Waals surface area contributed by atoms with Crippen LogP contribution in [0.2, 0.25) is 0 Å². The molecule has 132 valence electrons. The fourth-order valence-corrected chi connectivity index (χ4v) is 3.07. The molecule has 0 atom stereocenters. The minimum atomic E-state index is -0.545. The molecule has 1 heterocycles. The maximum Gasteiger partial charge on any atom is 0.270 e. The smallest absolute Gasteiger partial charge is 0.270 e. The first kappa shape index (κ1) is 17.6. The van der Waals surface area contributed by atoms with Crippen LogP contribution in [0.3, 0.4) is 0 Å². The van der Waals surface area contributed by atoms with Gasteiger partial charge in [-0.25, -0.2) is 4.98 Å². The summed E-state index contributed by atoms with van der Waals surface area (Å²) in [4.78, 5) is 26.5. The summed E-state index contributed by atoms with van der Waals surface area (Å²) in [5, 5.41) is 18.2. The number of carbonyl (C=O) groups is 1. The molecular weight excluding hydrogens is 356 g/mol. The molecule has 0 bridgehead atoms. The normalized spacial score (nSPS) is 10.5. The van der Waals surface area contributed by atoms with Crippen LogP contribution in [-0.4, -0.2) is 33.0 Å². The number of aromatic amines is 1. The fourth-order valence-electron chi connectivity index (χ4n) is 2.29. The minimum Gasteiger partial charge on any atom is -0.493 e. The maximum atomic E-state index is 11.2. The molecule has 0 radical (unpaired) electrons. The van der Waals surface area contributed by atoms with E-state index < -0.39 is 4.92 Å². The lowest BCUT2D eigenvalue weighted by molar-refractivity contribution is -0.384. The van der Waals surface area contributed by atoms with Crippen LogP contribution in [0.15, 0.2) is 52.5 Å². The molecule has 2 aromatic carbocycles. The van der Waals surface area contributed by atoms with Gasteiger partial charge in [0.1, 0.15) is 5.75 Å². The Kier molecular flexibility index (Phi) is 5.28. The van der Waals surface area contributed by atoms with Gasteiger partial charge in [-0.2, -0.15) is 0 Å². The van der Waals surface area contributed by atoms with E-state index in [0.717, 1.165) is 17.3 Å². The van der Waals surface area contributed by atoms with Crippen molar-refractivity contribution in [3.8, 4) is 17.1 Å². The number of aromatic nitrogens is 3. The summed E-state index contributed by atoms with van der Waals surface area (Å²) in [6.07, 6.45) is 0.577. The molecule has 26 heavy (non-hydrogen) atoms. The number of hydrogen-bond acceptors (Lipinski definition) is 7. The van der Waals surface area contributed by atoms with Crippen molar-refractivity contribution in [3.05, 3.63) is 58.1 Å². The number of rotatable bonds is 7. The molecule has 8 nitrogen and oxygen atoms in total. The third kappa shape index (κ3) is 3.72. The Morgan fingerprint density at radius 3 is 2.85 bits per heavy atom. The standard InChI is InChI=1S/C17H14N4O4S/c1-2-25-14-6-4-3-5-13(14)16-18-17(20-19-16)26-15-8-7-12(21(23)24)9-11(15)10-22/h3-10H,2H2,1H3,(H,18,19,20). The Labute approximate surface area is 152 Å². The van der Waals surface area contributed by atoms with E-state index >= 15 is 0 Å². The van der Waals surface area contributed by atoms with Gasteiger partial charge in [0.2, 0.25) is 5.16 Å². The summed E-state index contributed by atoms with van der Waals surface area (Å²) in [7, 11) is 0. The number of aldehydes is 1. The van der Waals surface area contributed by atoms with E-state index in [9.17, 15) is 14.9 Å². The second-order valence-electron chi connectivity index (χ2n) is 5.09. The first-order valence-electron chi connectivity index (χ1n) is 7.68. The van der Waals surface area contributed by atoms with Crippen molar-refractivity contribution in [1.82, 2.24) is 15.2 Å². The van der Waals surface area contributed by atoms with Crippen LogP contribution in [0.4, 0.5) is 5.69 Å². The summed E-state index contributed by atoms with van der Waals surface area (Å²) in [5.74, 6) is 1.22. The van der Waals surface area contributed by atoms with Gasteiger partial charge >= 0.3 is 0 Å². The molecule has 0 saturated carbocycles. The van der Waals surface area contributed by atoms with E-state index in [-0.39, 0.29) is 11.3 Å². The van der Waals surface area contributed by atoms with Gasteiger partial charge in [-0.1, -0.05) is 12.1 Å². The monoisotopic (exact) mass is 370 g/mol. The Morgan fingerprint density at radius 1 is 1.31 bits per heavy atom. The molecular formula is C17H14N4O4S. The molecule has 1 aromatic heterocycles. The van der Waals surface area contributed by atoms with Gasteiger partial charge in [0.25, 0.3) is 5.69 Å². The molecule has 9 heteroatoms. The molecule has 3 aromatic rings. The zero-order valence-electron chi connectivity index (χ0n) is 13.7. The van der Waals surface area contributed by atoms with Gasteiger partial charge < -0.3 is 4.74 Å². The summed E-state index contributed by atoms with van der Waals surface area (Å²) >= 11 is 1.15. The Bertz CT molecular complexity index is 957. The van der Waals surface area contributed by atoms with E-state index in [1.807, 2.05) is 31.2 Å². The topological polar surface area (TPSA) is 111 Å². The highest BCUT2D eigenvalue weighted by Gasteiger charge is 2.15. The van der Waals surface area contributed by atoms with Crippen LogP contribution < -0.4 is 4.74 Å². The molecule has 0 aliphatic rings. The number of nitro groups is 1. The van der Waals surface area contributed by atoms with Gasteiger partial charge in [0, 0.05) is 22.6 Å². The molecule has 0 aliphatic carbocycles. The third-order valence-electron chi connectivity index (χ3n) is 3.44. The van der Waals surface area contributed by atoms with Crippen LogP contribution in [0.1, 0.15) is 17.3 Å². The van der Waals surface area contributed by atoms with Crippen LogP contribution in [0.25, 0.3) is 11.4 Å². The van der Waals surface area contributed by atoms with Crippen molar-refractivity contribution in [1.29, 1.82) is 0 Å². The first-order chi connectivity index (χ1) is 12.6. The third-order valence-corrected chi connectivity index (χ3v) is 4.40. The van der Waals surface area contributed by atoms with Crippen molar-refractivity contribution in [2.24, 2.45) is 0 Å². The average molecular weight is 370 g/mol. The lowest BCUT2D eigenvalue weighted by atomic mass is 10.2. The van der Waals surface area contributed by atoms with Crippen LogP contribution in [0, 0.1) is 10.1 Å². The molecule has 0 saturated heterocycles. The van der Waals surface area contributed by atoms with Gasteiger partial charge in [-0.3, -0.25) is 20.0 Å². The Hall–Kier alpha value is -3.20. The highest BCUT2D eigenvalue weighted by molar-refractivity contribution is 7.99. The molecule has 0 aliphatic heterocycles. The van der Waals surface area contributed by atoms with Crippen LogP contribution in [-0.2, 0) is 0 Å². The molecule has 0 spiro atoms. The highest BCUT2D eigenvalue weighted by Crippen LogP contribution is 2.32. The highest BCUT2D eigenvalue weighted by atomic mass is 32.2. The molecule has 0 amide bonds. The quantitative estimate of drug-likeness (QED) is 0.383. The Morgan fingerprint density at radius 2 is 2.12 bits per heavy atom.